The first kappa shape index (κ1) is 23.7. The van der Waals surface area contributed by atoms with Gasteiger partial charge in [0.1, 0.15) is 11.7 Å². The number of hydrogen-bond acceptors (Lipinski definition) is 5. The van der Waals surface area contributed by atoms with Gasteiger partial charge in [-0.1, -0.05) is 41.9 Å². The third-order valence-corrected chi connectivity index (χ3v) is 4.74. The maximum absolute atomic E-state index is 12.8. The average Bonchev–Trinajstić information content (AvgIpc) is 2.71. The van der Waals surface area contributed by atoms with E-state index in [-0.39, 0.29) is 22.5 Å². The summed E-state index contributed by atoms with van der Waals surface area (Å²) in [7, 11) is 0. The van der Waals surface area contributed by atoms with Crippen molar-refractivity contribution in [1.82, 2.24) is 10.6 Å². The van der Waals surface area contributed by atoms with Gasteiger partial charge in [0.05, 0.1) is 4.92 Å². The fraction of sp³-hybridized carbons (Fsp3) is 0.190. The number of hydrogen-bond donors (Lipinski definition) is 3. The second-order valence-corrected chi connectivity index (χ2v) is 7.82. The largest absolute Gasteiger partial charge is 0.480 e. The zero-order valence-electron chi connectivity index (χ0n) is 16.7. The minimum absolute atomic E-state index is 0.196. The predicted molar refractivity (Wildman–Crippen MR) is 117 cm³/mol. The van der Waals surface area contributed by atoms with Crippen molar-refractivity contribution in [2.24, 2.45) is 5.92 Å². The summed E-state index contributed by atoms with van der Waals surface area (Å²) in [5, 5.41) is 25.2. The Morgan fingerprint density at radius 3 is 2.32 bits per heavy atom. The number of rotatable bonds is 8. The predicted octanol–water partition coefficient (Wildman–Crippen LogP) is 3.35. The molecule has 0 fully saturated rings. The molecule has 1 atom stereocenters. The molecule has 31 heavy (non-hydrogen) atoms. The first-order valence-corrected chi connectivity index (χ1v) is 9.94. The molecule has 0 aliphatic heterocycles. The number of non-ortho nitro benzene ring substituents is 1. The van der Waals surface area contributed by atoms with E-state index in [1.807, 2.05) is 0 Å². The Kier molecular flexibility index (Phi) is 8.03. The third kappa shape index (κ3) is 6.75. The monoisotopic (exact) mass is 489 g/mol. The second-order valence-electron chi connectivity index (χ2n) is 6.90. The highest BCUT2D eigenvalue weighted by atomic mass is 79.9. The summed E-state index contributed by atoms with van der Waals surface area (Å²) < 4.78 is 0.760. The summed E-state index contributed by atoms with van der Waals surface area (Å²) in [6, 6.07) is 10.7. The van der Waals surface area contributed by atoms with Crippen LogP contribution in [0.1, 0.15) is 29.8 Å². The number of amides is 2. The van der Waals surface area contributed by atoms with Gasteiger partial charge in [0.15, 0.2) is 0 Å². The number of carbonyl (C=O) groups is 3. The number of nitrogens with one attached hydrogen (secondary N) is 2. The summed E-state index contributed by atoms with van der Waals surface area (Å²) >= 11 is 3.27. The zero-order chi connectivity index (χ0) is 23.1. The number of carboxylic acids is 1. The number of nitrogens with zero attached hydrogens (tertiary/aromatic N) is 1. The van der Waals surface area contributed by atoms with Crippen LogP contribution < -0.4 is 10.6 Å². The fourth-order valence-corrected chi connectivity index (χ4v) is 2.85. The Labute approximate surface area is 186 Å². The van der Waals surface area contributed by atoms with Crippen molar-refractivity contribution in [1.29, 1.82) is 0 Å². The Morgan fingerprint density at radius 2 is 1.77 bits per heavy atom. The molecule has 2 rings (SSSR count). The minimum Gasteiger partial charge on any atom is -0.480 e. The lowest BCUT2D eigenvalue weighted by Crippen LogP contribution is -2.47. The van der Waals surface area contributed by atoms with Gasteiger partial charge >= 0.3 is 5.97 Å². The van der Waals surface area contributed by atoms with Crippen LogP contribution in [0.5, 0.6) is 0 Å². The molecule has 3 N–H and O–H groups in total. The van der Waals surface area contributed by atoms with Crippen molar-refractivity contribution in [2.45, 2.75) is 19.9 Å². The summed E-state index contributed by atoms with van der Waals surface area (Å²) in [6.07, 6.45) is 1.25. The van der Waals surface area contributed by atoms with E-state index in [0.717, 1.165) is 4.47 Å². The number of halogens is 1. The molecule has 162 valence electrons. The lowest BCUT2D eigenvalue weighted by Gasteiger charge is -2.19. The SMILES string of the molecule is CC(C)[C@@H](NC(=O)/C(=C\c1cccc([N+](=O)[O-])c1)NC(=O)c1ccc(Br)cc1)C(=O)O. The molecule has 2 aromatic carbocycles. The Bertz CT molecular complexity index is 1030. The van der Waals surface area contributed by atoms with Crippen molar-refractivity contribution < 1.29 is 24.4 Å². The molecular weight excluding hydrogens is 470 g/mol. The summed E-state index contributed by atoms with van der Waals surface area (Å²) in [4.78, 5) is 47.3. The van der Waals surface area contributed by atoms with Gasteiger partial charge in [-0.05, 0) is 41.8 Å². The highest BCUT2D eigenvalue weighted by Crippen LogP contribution is 2.16. The van der Waals surface area contributed by atoms with Gasteiger partial charge in [-0.15, -0.1) is 0 Å². The quantitative estimate of drug-likeness (QED) is 0.295. The molecule has 0 aliphatic carbocycles. The van der Waals surface area contributed by atoms with Crippen LogP contribution >= 0.6 is 15.9 Å². The molecular formula is C21H20BrN3O6. The molecule has 0 heterocycles. The molecule has 0 radical (unpaired) electrons. The topological polar surface area (TPSA) is 139 Å². The molecule has 9 nitrogen and oxygen atoms in total. The van der Waals surface area contributed by atoms with E-state index in [1.165, 1.54) is 42.5 Å². The lowest BCUT2D eigenvalue weighted by molar-refractivity contribution is -0.384. The highest BCUT2D eigenvalue weighted by molar-refractivity contribution is 9.10. The lowest BCUT2D eigenvalue weighted by atomic mass is 10.0. The molecule has 0 saturated carbocycles. The molecule has 0 spiro atoms. The number of benzene rings is 2. The van der Waals surface area contributed by atoms with Crippen LogP contribution in [0.2, 0.25) is 0 Å². The summed E-state index contributed by atoms with van der Waals surface area (Å²) in [5.74, 6) is -3.08. The van der Waals surface area contributed by atoms with Crippen LogP contribution in [0.4, 0.5) is 5.69 Å². The summed E-state index contributed by atoms with van der Waals surface area (Å²) in [5.41, 5.74) is 0.102. The van der Waals surface area contributed by atoms with Crippen molar-refractivity contribution in [3.63, 3.8) is 0 Å². The van der Waals surface area contributed by atoms with Crippen molar-refractivity contribution in [2.75, 3.05) is 0 Å². The molecule has 0 aromatic heterocycles. The smallest absolute Gasteiger partial charge is 0.326 e. The van der Waals surface area contributed by atoms with Crippen LogP contribution in [-0.2, 0) is 9.59 Å². The number of nitro groups is 1. The maximum Gasteiger partial charge on any atom is 0.326 e. The van der Waals surface area contributed by atoms with E-state index >= 15 is 0 Å². The Balaban J connectivity index is 2.40. The van der Waals surface area contributed by atoms with Gasteiger partial charge < -0.3 is 15.7 Å². The van der Waals surface area contributed by atoms with Crippen LogP contribution in [0, 0.1) is 16.0 Å². The van der Waals surface area contributed by atoms with Gasteiger partial charge in [-0.25, -0.2) is 4.79 Å². The third-order valence-electron chi connectivity index (χ3n) is 4.21. The molecule has 2 amide bonds. The second kappa shape index (κ2) is 10.5. The number of carbonyl (C=O) groups excluding carboxylic acids is 2. The van der Waals surface area contributed by atoms with E-state index in [4.69, 9.17) is 0 Å². The van der Waals surface area contributed by atoms with E-state index in [9.17, 15) is 29.6 Å². The number of nitro benzene ring substituents is 1. The number of aliphatic carboxylic acids is 1. The normalized spacial score (nSPS) is 12.2. The Hall–Kier alpha value is -3.53. The van der Waals surface area contributed by atoms with Gasteiger partial charge in [-0.2, -0.15) is 0 Å². The molecule has 0 unspecified atom stereocenters. The summed E-state index contributed by atoms with van der Waals surface area (Å²) in [6.45, 7) is 3.26. The molecule has 0 bridgehead atoms. The van der Waals surface area contributed by atoms with E-state index in [0.29, 0.717) is 0 Å². The minimum atomic E-state index is -1.22. The highest BCUT2D eigenvalue weighted by Gasteiger charge is 2.26. The van der Waals surface area contributed by atoms with Crippen molar-refractivity contribution >= 4 is 45.5 Å². The van der Waals surface area contributed by atoms with Crippen LogP contribution in [0.25, 0.3) is 6.08 Å². The van der Waals surface area contributed by atoms with Crippen molar-refractivity contribution in [3.8, 4) is 0 Å². The molecule has 0 saturated heterocycles. The zero-order valence-corrected chi connectivity index (χ0v) is 18.3. The van der Waals surface area contributed by atoms with Gasteiger partial charge in [0.25, 0.3) is 17.5 Å². The van der Waals surface area contributed by atoms with Gasteiger partial charge in [0, 0.05) is 22.2 Å². The maximum atomic E-state index is 12.8. The number of carboxylic acid groups (broad SMARTS) is 1. The fourth-order valence-electron chi connectivity index (χ4n) is 2.58. The van der Waals surface area contributed by atoms with Crippen LogP contribution in [-0.4, -0.2) is 33.9 Å². The molecule has 10 heteroatoms. The first-order chi connectivity index (χ1) is 14.6. The molecule has 2 aromatic rings. The van der Waals surface area contributed by atoms with Gasteiger partial charge in [-0.3, -0.25) is 19.7 Å². The van der Waals surface area contributed by atoms with Crippen LogP contribution in [0.15, 0.2) is 58.7 Å². The van der Waals surface area contributed by atoms with Crippen LogP contribution in [0.3, 0.4) is 0 Å². The molecule has 0 aliphatic rings. The Morgan fingerprint density at radius 1 is 1.13 bits per heavy atom. The average molecular weight is 490 g/mol. The van der Waals surface area contributed by atoms with E-state index < -0.39 is 34.7 Å². The van der Waals surface area contributed by atoms with E-state index in [1.54, 1.807) is 26.0 Å². The first-order valence-electron chi connectivity index (χ1n) is 9.15. The standard InChI is InChI=1S/C21H20BrN3O6/c1-12(2)18(21(28)29)24-20(27)17(11-13-4-3-5-16(10-13)25(30)31)23-19(26)14-6-8-15(22)9-7-14/h3-12,18H,1-2H3,(H,23,26)(H,24,27)(H,28,29)/b17-11+/t18-/m1/s1. The van der Waals surface area contributed by atoms with Gasteiger partial charge in [0.2, 0.25) is 0 Å². The van der Waals surface area contributed by atoms with E-state index in [2.05, 4.69) is 26.6 Å². The van der Waals surface area contributed by atoms with Crippen molar-refractivity contribution in [3.05, 3.63) is 79.9 Å².